The normalized spacial score (nSPS) is 16.2. The molecule has 186 valence electrons. The van der Waals surface area contributed by atoms with Crippen molar-refractivity contribution < 1.29 is 21.8 Å². The number of rotatable bonds is 6. The van der Waals surface area contributed by atoms with Crippen LogP contribution in [0.1, 0.15) is 40.5 Å². The number of hydrogen-bond donors (Lipinski definition) is 1. The van der Waals surface area contributed by atoms with E-state index in [1.165, 1.54) is 6.07 Å². The first-order chi connectivity index (χ1) is 15.8. The number of anilines is 1. The lowest BCUT2D eigenvalue weighted by atomic mass is 9.80. The second-order valence-electron chi connectivity index (χ2n) is 9.47. The number of nitrogens with one attached hydrogen (secondary N) is 1. The summed E-state index contributed by atoms with van der Waals surface area (Å²) < 4.78 is 41.2. The maximum atomic E-state index is 13.4. The molecular formula is C22H28ClFN4O4S2. The third-order valence-electron chi connectivity index (χ3n) is 5.37. The molecule has 0 atom stereocenters. The summed E-state index contributed by atoms with van der Waals surface area (Å²) in [5.74, 6) is 0.720. The van der Waals surface area contributed by atoms with Crippen molar-refractivity contribution >= 4 is 45.5 Å². The lowest BCUT2D eigenvalue weighted by Gasteiger charge is -2.40. The molecule has 12 heteroatoms. The summed E-state index contributed by atoms with van der Waals surface area (Å²) in [4.78, 5) is 22.8. The molecule has 1 fully saturated rings. The van der Waals surface area contributed by atoms with Gasteiger partial charge in [-0.2, -0.15) is 8.42 Å². The molecule has 8 nitrogen and oxygen atoms in total. The van der Waals surface area contributed by atoms with Gasteiger partial charge in [-0.3, -0.25) is 0 Å². The van der Waals surface area contributed by atoms with Gasteiger partial charge in [0.1, 0.15) is 21.3 Å². The third kappa shape index (κ3) is 7.19. The quantitative estimate of drug-likeness (QED) is 0.516. The van der Waals surface area contributed by atoms with Gasteiger partial charge in [0.05, 0.1) is 17.4 Å². The average molecular weight is 531 g/mol. The molecule has 0 bridgehead atoms. The van der Waals surface area contributed by atoms with Crippen LogP contribution in [0.25, 0.3) is 0 Å². The SMILES string of the molecule is CC1(CNC(=O)OC(C)(C)C)CCN(c2cnc(Sc3cccc(S(=O)(=O)F)c3Cl)cn2)CC1. The smallest absolute Gasteiger partial charge is 0.407 e. The number of carbonyl (C=O) groups excluding carboxylic acids is 1. The van der Waals surface area contributed by atoms with E-state index >= 15 is 0 Å². The molecule has 0 unspecified atom stereocenters. The molecule has 1 aliphatic rings. The fraction of sp³-hybridized carbons (Fsp3) is 0.500. The van der Waals surface area contributed by atoms with Crippen molar-refractivity contribution in [2.45, 2.75) is 61.0 Å². The van der Waals surface area contributed by atoms with Crippen LogP contribution in [-0.4, -0.2) is 49.7 Å². The van der Waals surface area contributed by atoms with E-state index in [1.54, 1.807) is 18.5 Å². The topological polar surface area (TPSA) is 101 Å². The van der Waals surface area contributed by atoms with E-state index in [4.69, 9.17) is 16.3 Å². The van der Waals surface area contributed by atoms with Gasteiger partial charge in [-0.1, -0.05) is 36.4 Å². The van der Waals surface area contributed by atoms with Crippen molar-refractivity contribution in [2.75, 3.05) is 24.5 Å². The predicted octanol–water partition coefficient (Wildman–Crippen LogP) is 5.07. The summed E-state index contributed by atoms with van der Waals surface area (Å²) in [6.45, 7) is 9.69. The minimum Gasteiger partial charge on any atom is -0.444 e. The molecule has 1 aromatic carbocycles. The monoisotopic (exact) mass is 530 g/mol. The van der Waals surface area contributed by atoms with Gasteiger partial charge >= 0.3 is 16.3 Å². The summed E-state index contributed by atoms with van der Waals surface area (Å²) in [6, 6.07) is 4.13. The Balaban J connectivity index is 1.57. The molecule has 3 rings (SSSR count). The van der Waals surface area contributed by atoms with Crippen molar-refractivity contribution in [1.29, 1.82) is 0 Å². The number of nitrogens with zero attached hydrogens (tertiary/aromatic N) is 3. The van der Waals surface area contributed by atoms with Crippen LogP contribution >= 0.6 is 23.4 Å². The van der Waals surface area contributed by atoms with E-state index in [-0.39, 0.29) is 10.4 Å². The van der Waals surface area contributed by atoms with Gasteiger partial charge in [0.2, 0.25) is 0 Å². The molecule has 1 N–H and O–H groups in total. The van der Waals surface area contributed by atoms with Crippen LogP contribution < -0.4 is 10.2 Å². The molecular weight excluding hydrogens is 503 g/mol. The first-order valence-corrected chi connectivity index (χ1v) is 13.3. The highest BCUT2D eigenvalue weighted by Gasteiger charge is 2.31. The van der Waals surface area contributed by atoms with E-state index in [1.807, 2.05) is 20.8 Å². The van der Waals surface area contributed by atoms with E-state index in [9.17, 15) is 17.1 Å². The zero-order chi connectivity index (χ0) is 25.1. The van der Waals surface area contributed by atoms with Gasteiger partial charge in [0.25, 0.3) is 0 Å². The van der Waals surface area contributed by atoms with Crippen molar-refractivity contribution in [2.24, 2.45) is 5.41 Å². The Labute approximate surface area is 208 Å². The molecule has 0 spiro atoms. The maximum Gasteiger partial charge on any atom is 0.407 e. The van der Waals surface area contributed by atoms with Crippen LogP contribution in [-0.2, 0) is 15.0 Å². The Bertz CT molecular complexity index is 1130. The van der Waals surface area contributed by atoms with Crippen molar-refractivity contribution in [3.8, 4) is 0 Å². The van der Waals surface area contributed by atoms with Crippen LogP contribution in [0.15, 0.2) is 45.4 Å². The molecule has 0 aliphatic carbocycles. The number of amides is 1. The number of benzene rings is 1. The maximum absolute atomic E-state index is 13.4. The van der Waals surface area contributed by atoms with Crippen molar-refractivity contribution in [3.05, 3.63) is 35.6 Å². The Morgan fingerprint density at radius 3 is 2.50 bits per heavy atom. The molecule has 1 amide bonds. The molecule has 0 radical (unpaired) electrons. The lowest BCUT2D eigenvalue weighted by molar-refractivity contribution is 0.0495. The number of carbonyl (C=O) groups is 1. The number of alkyl carbamates (subject to hydrolysis) is 1. The van der Waals surface area contributed by atoms with Gasteiger partial charge in [0.15, 0.2) is 0 Å². The second-order valence-corrected chi connectivity index (χ2v) is 12.2. The first-order valence-electron chi connectivity index (χ1n) is 10.7. The minimum absolute atomic E-state index is 0.0465. The largest absolute Gasteiger partial charge is 0.444 e. The van der Waals surface area contributed by atoms with Crippen molar-refractivity contribution in [3.63, 3.8) is 0 Å². The zero-order valence-corrected chi connectivity index (χ0v) is 21.9. The van der Waals surface area contributed by atoms with Gasteiger partial charge in [-0.15, -0.1) is 3.89 Å². The van der Waals surface area contributed by atoms with E-state index < -0.39 is 26.8 Å². The summed E-state index contributed by atoms with van der Waals surface area (Å²) in [5, 5.41) is 3.19. The molecule has 2 aromatic rings. The highest BCUT2D eigenvalue weighted by molar-refractivity contribution is 7.99. The van der Waals surface area contributed by atoms with E-state index in [2.05, 4.69) is 27.1 Å². The van der Waals surface area contributed by atoms with Gasteiger partial charge < -0.3 is 15.0 Å². The standard InChI is InChI=1S/C22H28ClFN4O4S2/c1-21(2,3)32-20(29)27-14-22(4)8-10-28(11-9-22)17-12-26-18(13-25-17)33-15-6-5-7-16(19(15)23)34(24,30)31/h5-7,12-13H,8-11,14H2,1-4H3,(H,27,29). The van der Waals surface area contributed by atoms with Gasteiger partial charge in [-0.05, 0) is 51.2 Å². The Morgan fingerprint density at radius 1 is 1.26 bits per heavy atom. The number of ether oxygens (including phenoxy) is 1. The third-order valence-corrected chi connectivity index (χ3v) is 7.85. The number of halogens is 2. The summed E-state index contributed by atoms with van der Waals surface area (Å²) in [6.07, 6.45) is 4.53. The zero-order valence-electron chi connectivity index (χ0n) is 19.5. The van der Waals surface area contributed by atoms with Crippen LogP contribution in [0.4, 0.5) is 14.5 Å². The Morgan fingerprint density at radius 2 is 1.94 bits per heavy atom. The molecule has 1 aromatic heterocycles. The Kier molecular flexibility index (Phi) is 7.99. The molecule has 34 heavy (non-hydrogen) atoms. The summed E-state index contributed by atoms with van der Waals surface area (Å²) >= 11 is 7.17. The number of hydrogen-bond acceptors (Lipinski definition) is 8. The van der Waals surface area contributed by atoms with Crippen LogP contribution in [0, 0.1) is 5.41 Å². The highest BCUT2D eigenvalue weighted by Crippen LogP contribution is 2.37. The molecule has 2 heterocycles. The molecule has 0 saturated carbocycles. The van der Waals surface area contributed by atoms with Crippen molar-refractivity contribution in [1.82, 2.24) is 15.3 Å². The van der Waals surface area contributed by atoms with Crippen LogP contribution in [0.3, 0.4) is 0 Å². The number of aromatic nitrogens is 2. The van der Waals surface area contributed by atoms with E-state index in [0.717, 1.165) is 49.6 Å². The molecule has 1 aliphatic heterocycles. The second kappa shape index (κ2) is 10.2. The van der Waals surface area contributed by atoms with E-state index in [0.29, 0.717) is 16.5 Å². The fourth-order valence-corrected chi connectivity index (χ4v) is 5.38. The predicted molar refractivity (Wildman–Crippen MR) is 130 cm³/mol. The molecule has 1 saturated heterocycles. The fourth-order valence-electron chi connectivity index (χ4n) is 3.45. The van der Waals surface area contributed by atoms with Gasteiger partial charge in [0, 0.05) is 24.5 Å². The van der Waals surface area contributed by atoms with Crippen LogP contribution in [0.2, 0.25) is 5.02 Å². The van der Waals surface area contributed by atoms with Crippen LogP contribution in [0.5, 0.6) is 0 Å². The average Bonchev–Trinajstić information content (AvgIpc) is 2.73. The summed E-state index contributed by atoms with van der Waals surface area (Å²) in [7, 11) is -4.91. The minimum atomic E-state index is -4.91. The lowest BCUT2D eigenvalue weighted by Crippen LogP contribution is -2.45. The first kappa shape index (κ1) is 26.5. The highest BCUT2D eigenvalue weighted by atomic mass is 35.5. The Hall–Kier alpha value is -2.11. The number of piperidine rings is 1. The summed E-state index contributed by atoms with van der Waals surface area (Å²) in [5.41, 5.74) is -0.578. The van der Waals surface area contributed by atoms with Gasteiger partial charge in [-0.25, -0.2) is 14.8 Å².